The van der Waals surface area contributed by atoms with Crippen LogP contribution in [-0.4, -0.2) is 35.9 Å². The van der Waals surface area contributed by atoms with Crippen molar-refractivity contribution in [1.29, 1.82) is 0 Å². The van der Waals surface area contributed by atoms with E-state index in [2.05, 4.69) is 34.4 Å². The summed E-state index contributed by atoms with van der Waals surface area (Å²) in [5.74, 6) is 0.757. The Morgan fingerprint density at radius 2 is 2.19 bits per heavy atom. The zero-order valence-electron chi connectivity index (χ0n) is 12.6. The van der Waals surface area contributed by atoms with Gasteiger partial charge in [-0.1, -0.05) is 6.07 Å². The molecule has 0 aliphatic carbocycles. The molecule has 1 aliphatic heterocycles. The number of amides is 2. The molecule has 6 nitrogen and oxygen atoms in total. The largest absolute Gasteiger partial charge is 0.357 e. The molecular formula is C15H22N4O2. The number of anilines is 1. The molecule has 114 valence electrons. The molecule has 0 radical (unpaired) electrons. The smallest absolute Gasteiger partial charge is 0.242 e. The molecule has 1 aliphatic rings. The Morgan fingerprint density at radius 3 is 2.71 bits per heavy atom. The van der Waals surface area contributed by atoms with Crippen LogP contribution in [0.5, 0.6) is 0 Å². The molecule has 1 fully saturated rings. The van der Waals surface area contributed by atoms with E-state index >= 15 is 0 Å². The Hall–Kier alpha value is -2.11. The molecule has 0 saturated carbocycles. The lowest BCUT2D eigenvalue weighted by Crippen LogP contribution is -2.41. The molecule has 21 heavy (non-hydrogen) atoms. The summed E-state index contributed by atoms with van der Waals surface area (Å²) in [6.07, 6.45) is 2.78. The Morgan fingerprint density at radius 1 is 1.43 bits per heavy atom. The summed E-state index contributed by atoms with van der Waals surface area (Å²) in [6, 6.07) is 3.54. The highest BCUT2D eigenvalue weighted by atomic mass is 16.2. The van der Waals surface area contributed by atoms with E-state index in [4.69, 9.17) is 0 Å². The molecule has 2 N–H and O–H groups in total. The number of hydrogen-bond acceptors (Lipinski definition) is 4. The summed E-state index contributed by atoms with van der Waals surface area (Å²) in [7, 11) is 0. The highest BCUT2D eigenvalue weighted by Gasteiger charge is 2.26. The first-order valence-corrected chi connectivity index (χ1v) is 7.41. The lowest BCUT2D eigenvalue weighted by atomic mass is 10.2. The van der Waals surface area contributed by atoms with E-state index in [0.29, 0.717) is 19.4 Å². The van der Waals surface area contributed by atoms with E-state index in [9.17, 15) is 9.59 Å². The minimum atomic E-state index is -0.389. The maximum absolute atomic E-state index is 11.9. The van der Waals surface area contributed by atoms with Crippen LogP contribution in [0.15, 0.2) is 18.3 Å². The third-order valence-corrected chi connectivity index (χ3v) is 3.68. The van der Waals surface area contributed by atoms with Crippen LogP contribution in [0, 0.1) is 0 Å². The highest BCUT2D eigenvalue weighted by Crippen LogP contribution is 2.11. The second-order valence-electron chi connectivity index (χ2n) is 5.07. The van der Waals surface area contributed by atoms with Crippen molar-refractivity contribution < 1.29 is 9.59 Å². The van der Waals surface area contributed by atoms with Gasteiger partial charge in [0.1, 0.15) is 11.9 Å². The molecule has 2 heterocycles. The number of nitrogens with one attached hydrogen (secondary N) is 2. The fraction of sp³-hybridized carbons (Fsp3) is 0.533. The number of hydrogen-bond donors (Lipinski definition) is 2. The van der Waals surface area contributed by atoms with Gasteiger partial charge >= 0.3 is 0 Å². The Kier molecular flexibility index (Phi) is 5.14. The van der Waals surface area contributed by atoms with Gasteiger partial charge in [0.05, 0.1) is 0 Å². The summed E-state index contributed by atoms with van der Waals surface area (Å²) >= 11 is 0. The third kappa shape index (κ3) is 3.93. The van der Waals surface area contributed by atoms with Gasteiger partial charge in [0.2, 0.25) is 11.8 Å². The number of nitrogens with zero attached hydrogens (tertiary/aromatic N) is 2. The zero-order valence-corrected chi connectivity index (χ0v) is 12.6. The van der Waals surface area contributed by atoms with Crippen molar-refractivity contribution in [3.63, 3.8) is 0 Å². The summed E-state index contributed by atoms with van der Waals surface area (Å²) in [5, 5.41) is 5.49. The second kappa shape index (κ2) is 7.06. The first-order chi connectivity index (χ1) is 10.1. The van der Waals surface area contributed by atoms with Gasteiger partial charge in [0.15, 0.2) is 0 Å². The van der Waals surface area contributed by atoms with E-state index < -0.39 is 0 Å². The SMILES string of the molecule is CCN(CC)c1ccc(CNC(=O)[C@@H]2CCC(=O)N2)cn1. The minimum Gasteiger partial charge on any atom is -0.357 e. The van der Waals surface area contributed by atoms with Gasteiger partial charge in [0, 0.05) is 32.3 Å². The monoisotopic (exact) mass is 290 g/mol. The number of rotatable bonds is 6. The fourth-order valence-electron chi connectivity index (χ4n) is 2.38. The molecule has 1 aromatic rings. The predicted octanol–water partition coefficient (Wildman–Crippen LogP) is 0.823. The van der Waals surface area contributed by atoms with Crippen LogP contribution < -0.4 is 15.5 Å². The normalized spacial score (nSPS) is 17.4. The molecule has 6 heteroatoms. The van der Waals surface area contributed by atoms with Crippen molar-refractivity contribution in [3.8, 4) is 0 Å². The minimum absolute atomic E-state index is 0.0552. The average molecular weight is 290 g/mol. The quantitative estimate of drug-likeness (QED) is 0.813. The molecule has 1 saturated heterocycles. The van der Waals surface area contributed by atoms with Crippen molar-refractivity contribution in [2.24, 2.45) is 0 Å². The molecular weight excluding hydrogens is 268 g/mol. The summed E-state index contributed by atoms with van der Waals surface area (Å²) in [6.45, 7) is 6.45. The topological polar surface area (TPSA) is 74.3 Å². The number of aromatic nitrogens is 1. The molecule has 0 bridgehead atoms. The van der Waals surface area contributed by atoms with Gasteiger partial charge in [-0.05, 0) is 31.9 Å². The van der Waals surface area contributed by atoms with Crippen molar-refractivity contribution in [2.75, 3.05) is 18.0 Å². The zero-order chi connectivity index (χ0) is 15.2. The van der Waals surface area contributed by atoms with Crippen LogP contribution in [0.2, 0.25) is 0 Å². The van der Waals surface area contributed by atoms with Crippen molar-refractivity contribution in [1.82, 2.24) is 15.6 Å². The first-order valence-electron chi connectivity index (χ1n) is 7.41. The van der Waals surface area contributed by atoms with Crippen LogP contribution in [0.3, 0.4) is 0 Å². The van der Waals surface area contributed by atoms with Crippen molar-refractivity contribution >= 4 is 17.6 Å². The van der Waals surface area contributed by atoms with Crippen LogP contribution in [0.1, 0.15) is 32.3 Å². The van der Waals surface area contributed by atoms with Crippen LogP contribution in [-0.2, 0) is 16.1 Å². The number of carbonyl (C=O) groups is 2. The number of carbonyl (C=O) groups excluding carboxylic acids is 2. The maximum atomic E-state index is 11.9. The summed E-state index contributed by atoms with van der Waals surface area (Å²) in [5.41, 5.74) is 0.948. The Bertz CT molecular complexity index is 497. The standard InChI is InChI=1S/C15H22N4O2/c1-3-19(4-2)13-7-5-11(9-16-13)10-17-15(21)12-6-8-14(20)18-12/h5,7,9,12H,3-4,6,8,10H2,1-2H3,(H,17,21)(H,18,20)/t12-/m0/s1. The molecule has 1 atom stereocenters. The molecule has 2 rings (SSSR count). The van der Waals surface area contributed by atoms with Gasteiger partial charge in [-0.3, -0.25) is 9.59 Å². The van der Waals surface area contributed by atoms with Crippen LogP contribution in [0.4, 0.5) is 5.82 Å². The summed E-state index contributed by atoms with van der Waals surface area (Å²) in [4.78, 5) is 29.5. The fourth-order valence-corrected chi connectivity index (χ4v) is 2.38. The average Bonchev–Trinajstić information content (AvgIpc) is 2.94. The van der Waals surface area contributed by atoms with Gasteiger partial charge in [0.25, 0.3) is 0 Å². The van der Waals surface area contributed by atoms with E-state index in [1.165, 1.54) is 0 Å². The van der Waals surface area contributed by atoms with Crippen LogP contribution >= 0.6 is 0 Å². The lowest BCUT2D eigenvalue weighted by molar-refractivity contribution is -0.125. The molecule has 0 aromatic carbocycles. The number of pyridine rings is 1. The van der Waals surface area contributed by atoms with Gasteiger partial charge < -0.3 is 15.5 Å². The van der Waals surface area contributed by atoms with Crippen LogP contribution in [0.25, 0.3) is 0 Å². The van der Waals surface area contributed by atoms with Gasteiger partial charge in [-0.25, -0.2) is 4.98 Å². The predicted molar refractivity (Wildman–Crippen MR) is 80.8 cm³/mol. The van der Waals surface area contributed by atoms with Crippen molar-refractivity contribution in [2.45, 2.75) is 39.3 Å². The van der Waals surface area contributed by atoms with E-state index in [1.54, 1.807) is 6.20 Å². The third-order valence-electron chi connectivity index (χ3n) is 3.68. The van der Waals surface area contributed by atoms with Gasteiger partial charge in [-0.15, -0.1) is 0 Å². The lowest BCUT2D eigenvalue weighted by Gasteiger charge is -2.19. The maximum Gasteiger partial charge on any atom is 0.242 e. The first kappa shape index (κ1) is 15.3. The molecule has 2 amide bonds. The van der Waals surface area contributed by atoms with E-state index in [0.717, 1.165) is 24.5 Å². The van der Waals surface area contributed by atoms with E-state index in [-0.39, 0.29) is 17.9 Å². The molecule has 0 unspecified atom stereocenters. The summed E-state index contributed by atoms with van der Waals surface area (Å²) < 4.78 is 0. The molecule has 1 aromatic heterocycles. The Labute approximate surface area is 124 Å². The molecule has 0 spiro atoms. The highest BCUT2D eigenvalue weighted by molar-refractivity contribution is 5.90. The van der Waals surface area contributed by atoms with E-state index in [1.807, 2.05) is 12.1 Å². The van der Waals surface area contributed by atoms with Gasteiger partial charge in [-0.2, -0.15) is 0 Å². The second-order valence-corrected chi connectivity index (χ2v) is 5.07. The van der Waals surface area contributed by atoms with Crippen molar-refractivity contribution in [3.05, 3.63) is 23.9 Å². The Balaban J connectivity index is 1.86.